The Kier molecular flexibility index (Phi) is 5.28. The fraction of sp³-hybridized carbons (Fsp3) is 0.480. The molecule has 0 aromatic heterocycles. The highest BCUT2D eigenvalue weighted by atomic mass is 16.2. The summed E-state index contributed by atoms with van der Waals surface area (Å²) in [5.74, 6) is -0.287. The third-order valence-electron chi connectivity index (χ3n) is 6.58. The highest BCUT2D eigenvalue weighted by molar-refractivity contribution is 6.09. The maximum Gasteiger partial charge on any atom is 0.325 e. The van der Waals surface area contributed by atoms with Crippen molar-refractivity contribution in [1.29, 1.82) is 0 Å². The number of urea groups is 1. The first-order valence-electron chi connectivity index (χ1n) is 11.0. The fourth-order valence-corrected chi connectivity index (χ4v) is 5.64. The van der Waals surface area contributed by atoms with Crippen molar-refractivity contribution < 1.29 is 14.4 Å². The molecule has 31 heavy (non-hydrogen) atoms. The van der Waals surface area contributed by atoms with E-state index in [0.29, 0.717) is 18.8 Å². The lowest BCUT2D eigenvalue weighted by Gasteiger charge is -2.43. The molecule has 1 saturated heterocycles. The van der Waals surface area contributed by atoms with Gasteiger partial charge in [-0.2, -0.15) is 0 Å². The monoisotopic (exact) mass is 421 g/mol. The minimum absolute atomic E-state index is 0.0382. The molecule has 6 heteroatoms. The van der Waals surface area contributed by atoms with E-state index in [2.05, 4.69) is 37.5 Å². The Hall–Kier alpha value is -2.89. The molecule has 1 saturated carbocycles. The van der Waals surface area contributed by atoms with Crippen molar-refractivity contribution in [2.45, 2.75) is 58.5 Å². The first-order chi connectivity index (χ1) is 14.6. The molecule has 2 aromatic carbocycles. The van der Waals surface area contributed by atoms with Gasteiger partial charge in [0.15, 0.2) is 0 Å². The first-order valence-corrected chi connectivity index (χ1v) is 11.0. The topological polar surface area (TPSA) is 78.5 Å². The van der Waals surface area contributed by atoms with Crippen LogP contribution in [0.2, 0.25) is 0 Å². The van der Waals surface area contributed by atoms with Gasteiger partial charge in [0, 0.05) is 0 Å². The van der Waals surface area contributed by atoms with E-state index < -0.39 is 11.6 Å². The fourth-order valence-electron chi connectivity index (χ4n) is 5.64. The van der Waals surface area contributed by atoms with Gasteiger partial charge in [-0.3, -0.25) is 14.5 Å². The van der Waals surface area contributed by atoms with Crippen molar-refractivity contribution in [2.75, 3.05) is 6.54 Å². The summed E-state index contributed by atoms with van der Waals surface area (Å²) in [6.45, 7) is 8.01. The summed E-state index contributed by atoms with van der Waals surface area (Å²) >= 11 is 0. The zero-order chi connectivity index (χ0) is 22.4. The highest BCUT2D eigenvalue weighted by Gasteiger charge is 2.56. The zero-order valence-electron chi connectivity index (χ0n) is 18.7. The minimum atomic E-state index is -0.886. The third kappa shape index (κ3) is 4.16. The second-order valence-electron chi connectivity index (χ2n) is 10.2. The van der Waals surface area contributed by atoms with Crippen LogP contribution in [0.25, 0.3) is 10.8 Å². The number of nitrogens with one attached hydrogen (secondary N) is 2. The Bertz CT molecular complexity index is 1050. The Morgan fingerprint density at radius 1 is 1.16 bits per heavy atom. The lowest BCUT2D eigenvalue weighted by Crippen LogP contribution is -2.54. The molecule has 0 radical (unpaired) electrons. The maximum absolute atomic E-state index is 13.2. The van der Waals surface area contributed by atoms with E-state index in [4.69, 9.17) is 0 Å². The molecule has 3 atom stereocenters. The molecule has 2 fully saturated rings. The molecule has 2 aliphatic rings. The van der Waals surface area contributed by atoms with Gasteiger partial charge in [-0.05, 0) is 59.9 Å². The molecule has 0 unspecified atom stereocenters. The predicted molar refractivity (Wildman–Crippen MR) is 120 cm³/mol. The Morgan fingerprint density at radius 3 is 2.58 bits per heavy atom. The van der Waals surface area contributed by atoms with Crippen molar-refractivity contribution in [2.24, 2.45) is 11.3 Å². The number of carbonyl (C=O) groups is 3. The van der Waals surface area contributed by atoms with Crippen molar-refractivity contribution in [3.8, 4) is 0 Å². The summed E-state index contributed by atoms with van der Waals surface area (Å²) in [4.78, 5) is 39.6. The summed E-state index contributed by atoms with van der Waals surface area (Å²) in [6, 6.07) is 13.4. The molecule has 4 rings (SSSR count). The van der Waals surface area contributed by atoms with Crippen molar-refractivity contribution >= 4 is 28.6 Å². The van der Waals surface area contributed by atoms with Gasteiger partial charge in [0.25, 0.3) is 5.91 Å². The Labute approximate surface area is 183 Å². The van der Waals surface area contributed by atoms with Gasteiger partial charge in [-0.25, -0.2) is 4.79 Å². The number of rotatable bonds is 4. The molecule has 164 valence electrons. The van der Waals surface area contributed by atoms with Gasteiger partial charge in [0.2, 0.25) is 5.91 Å². The van der Waals surface area contributed by atoms with Gasteiger partial charge in [0.1, 0.15) is 12.1 Å². The van der Waals surface area contributed by atoms with Gasteiger partial charge in [-0.15, -0.1) is 0 Å². The molecule has 4 amide bonds. The molecule has 0 bridgehead atoms. The lowest BCUT2D eigenvalue weighted by molar-refractivity contribution is -0.137. The van der Waals surface area contributed by atoms with E-state index >= 15 is 0 Å². The van der Waals surface area contributed by atoms with E-state index in [1.54, 1.807) is 0 Å². The predicted octanol–water partition coefficient (Wildman–Crippen LogP) is 4.15. The number of hydrogen-bond acceptors (Lipinski definition) is 3. The third-order valence-corrected chi connectivity index (χ3v) is 6.58. The van der Waals surface area contributed by atoms with Gasteiger partial charge in [-0.1, -0.05) is 57.2 Å². The first kappa shape index (κ1) is 21.3. The van der Waals surface area contributed by atoms with Crippen LogP contribution in [0.1, 0.15) is 58.6 Å². The van der Waals surface area contributed by atoms with Crippen LogP contribution in [0, 0.1) is 11.3 Å². The van der Waals surface area contributed by atoms with E-state index in [1.807, 2.05) is 43.3 Å². The number of fused-ring (bicyclic) bond motifs is 1. The molecule has 1 heterocycles. The lowest BCUT2D eigenvalue weighted by atomic mass is 9.64. The van der Waals surface area contributed by atoms with Gasteiger partial charge in [0.05, 0.1) is 6.04 Å². The van der Waals surface area contributed by atoms with Gasteiger partial charge >= 0.3 is 6.03 Å². The minimum Gasteiger partial charge on any atom is -0.348 e. The molecule has 1 aliphatic heterocycles. The van der Waals surface area contributed by atoms with Gasteiger partial charge < -0.3 is 10.6 Å². The van der Waals surface area contributed by atoms with Crippen molar-refractivity contribution in [1.82, 2.24) is 15.5 Å². The zero-order valence-corrected chi connectivity index (χ0v) is 18.7. The summed E-state index contributed by atoms with van der Waals surface area (Å²) in [7, 11) is 0. The molecular weight excluding hydrogens is 390 g/mol. The summed E-state index contributed by atoms with van der Waals surface area (Å²) in [5, 5.41) is 8.10. The van der Waals surface area contributed by atoms with Crippen molar-refractivity contribution in [3.63, 3.8) is 0 Å². The number of carbonyl (C=O) groups excluding carboxylic acids is 3. The number of benzene rings is 2. The summed E-state index contributed by atoms with van der Waals surface area (Å²) in [6.07, 6.45) is 2.23. The molecule has 6 nitrogen and oxygen atoms in total. The average molecular weight is 422 g/mol. The largest absolute Gasteiger partial charge is 0.348 e. The van der Waals surface area contributed by atoms with Crippen molar-refractivity contribution in [3.05, 3.63) is 48.0 Å². The smallest absolute Gasteiger partial charge is 0.325 e. The average Bonchev–Trinajstić information content (AvgIpc) is 2.89. The normalized spacial score (nSPS) is 26.2. The molecular formula is C25H31N3O3. The van der Waals surface area contributed by atoms with Crippen LogP contribution < -0.4 is 10.6 Å². The second-order valence-corrected chi connectivity index (χ2v) is 10.2. The molecule has 2 N–H and O–H groups in total. The van der Waals surface area contributed by atoms with E-state index in [-0.39, 0.29) is 29.8 Å². The van der Waals surface area contributed by atoms with E-state index in [9.17, 15) is 14.4 Å². The second kappa shape index (κ2) is 7.66. The van der Waals surface area contributed by atoms with Crippen LogP contribution in [0.5, 0.6) is 0 Å². The van der Waals surface area contributed by atoms with Crippen LogP contribution in [-0.4, -0.2) is 34.8 Å². The van der Waals surface area contributed by atoms with Crippen LogP contribution in [0.4, 0.5) is 4.79 Å². The SMILES string of the molecule is C[C@H]1CC(C)(C)C[C@@]2(C1)NC(=O)N(CC(=O)N[C@@H](C)c1ccc3ccccc3c1)C2=O. The van der Waals surface area contributed by atoms with Crippen LogP contribution in [0.15, 0.2) is 42.5 Å². The van der Waals surface area contributed by atoms with E-state index in [0.717, 1.165) is 27.7 Å². The van der Waals surface area contributed by atoms with E-state index in [1.165, 1.54) is 0 Å². The number of nitrogens with zero attached hydrogens (tertiary/aromatic N) is 1. The summed E-state index contributed by atoms with van der Waals surface area (Å²) < 4.78 is 0. The molecule has 2 aromatic rings. The van der Waals surface area contributed by atoms with Crippen LogP contribution in [0.3, 0.4) is 0 Å². The van der Waals surface area contributed by atoms with Crippen LogP contribution in [-0.2, 0) is 9.59 Å². The Morgan fingerprint density at radius 2 is 1.87 bits per heavy atom. The number of hydrogen-bond donors (Lipinski definition) is 2. The molecule has 1 spiro atoms. The standard InChI is InChI=1S/C25H31N3O3/c1-16-12-24(3,4)15-25(13-16)22(30)28(23(31)27-25)14-21(29)26-17(2)19-10-9-18-7-5-6-8-20(18)11-19/h5-11,16-17H,12-15H2,1-4H3,(H,26,29)(H,27,31)/t16-,17-,25+/m0/s1. The van der Waals surface area contributed by atoms with Crippen LogP contribution >= 0.6 is 0 Å². The quantitative estimate of drug-likeness (QED) is 0.728. The molecule has 1 aliphatic carbocycles. The summed E-state index contributed by atoms with van der Waals surface area (Å²) in [5.41, 5.74) is 0.0509. The highest BCUT2D eigenvalue weighted by Crippen LogP contribution is 2.46. The Balaban J connectivity index is 1.44. The number of imide groups is 1. The maximum atomic E-state index is 13.2. The number of amides is 4.